The van der Waals surface area contributed by atoms with Gasteiger partial charge in [-0.1, -0.05) is 0 Å². The molecule has 17 heavy (non-hydrogen) atoms. The molecule has 0 aromatic rings. The highest BCUT2D eigenvalue weighted by molar-refractivity contribution is 4.98. The maximum Gasteiger partial charge on any atom is 0.0593 e. The van der Waals surface area contributed by atoms with Crippen LogP contribution in [-0.2, 0) is 9.47 Å². The molecule has 2 unspecified atom stereocenters. The highest BCUT2D eigenvalue weighted by Gasteiger charge is 2.42. The lowest BCUT2D eigenvalue weighted by atomic mass is 9.82. The van der Waals surface area contributed by atoms with Gasteiger partial charge in [-0.15, -0.1) is 0 Å². The Morgan fingerprint density at radius 3 is 2.53 bits per heavy atom. The van der Waals surface area contributed by atoms with E-state index >= 15 is 0 Å². The van der Waals surface area contributed by atoms with Crippen LogP contribution in [0, 0.1) is 0 Å². The van der Waals surface area contributed by atoms with E-state index in [2.05, 4.69) is 18.7 Å². The summed E-state index contributed by atoms with van der Waals surface area (Å²) in [7, 11) is 0. The molecule has 100 valence electrons. The van der Waals surface area contributed by atoms with Gasteiger partial charge in [-0.2, -0.15) is 0 Å². The van der Waals surface area contributed by atoms with Crippen LogP contribution in [0.1, 0.15) is 33.1 Å². The Morgan fingerprint density at radius 2 is 1.88 bits per heavy atom. The van der Waals surface area contributed by atoms with E-state index in [1.54, 1.807) is 0 Å². The highest BCUT2D eigenvalue weighted by atomic mass is 16.5. The van der Waals surface area contributed by atoms with Crippen LogP contribution in [0.2, 0.25) is 0 Å². The van der Waals surface area contributed by atoms with Gasteiger partial charge < -0.3 is 15.2 Å². The fourth-order valence-electron chi connectivity index (χ4n) is 3.42. The summed E-state index contributed by atoms with van der Waals surface area (Å²) in [6.45, 7) is 8.89. The lowest BCUT2D eigenvalue weighted by molar-refractivity contribution is -0.103. The molecule has 0 saturated carbocycles. The molecule has 0 aromatic heterocycles. The monoisotopic (exact) mass is 242 g/mol. The van der Waals surface area contributed by atoms with Crippen LogP contribution in [0.15, 0.2) is 0 Å². The van der Waals surface area contributed by atoms with Gasteiger partial charge in [0.25, 0.3) is 0 Å². The lowest BCUT2D eigenvalue weighted by Gasteiger charge is -2.49. The van der Waals surface area contributed by atoms with E-state index in [1.165, 1.54) is 0 Å². The average molecular weight is 242 g/mol. The van der Waals surface area contributed by atoms with Crippen LogP contribution >= 0.6 is 0 Å². The molecule has 0 aromatic carbocycles. The minimum absolute atomic E-state index is 0.130. The third-order valence-corrected chi connectivity index (χ3v) is 4.07. The summed E-state index contributed by atoms with van der Waals surface area (Å²) in [5.74, 6) is 0. The largest absolute Gasteiger partial charge is 0.380 e. The van der Waals surface area contributed by atoms with Crippen molar-refractivity contribution in [3.8, 4) is 0 Å². The van der Waals surface area contributed by atoms with Crippen molar-refractivity contribution in [1.82, 2.24) is 4.90 Å². The smallest absolute Gasteiger partial charge is 0.0593 e. The normalized spacial score (nSPS) is 41.1. The first-order valence-electron chi connectivity index (χ1n) is 6.84. The van der Waals surface area contributed by atoms with Gasteiger partial charge in [-0.25, -0.2) is 0 Å². The quantitative estimate of drug-likeness (QED) is 0.784. The topological polar surface area (TPSA) is 47.7 Å². The highest BCUT2D eigenvalue weighted by Crippen LogP contribution is 2.33. The Kier molecular flexibility index (Phi) is 4.42. The van der Waals surface area contributed by atoms with Crippen molar-refractivity contribution in [3.63, 3.8) is 0 Å². The Bertz CT molecular complexity index is 230. The van der Waals surface area contributed by atoms with E-state index in [-0.39, 0.29) is 5.54 Å². The van der Waals surface area contributed by atoms with E-state index < -0.39 is 0 Å². The van der Waals surface area contributed by atoms with Gasteiger partial charge in [0.2, 0.25) is 0 Å². The summed E-state index contributed by atoms with van der Waals surface area (Å²) in [4.78, 5) is 2.55. The van der Waals surface area contributed by atoms with Crippen molar-refractivity contribution in [2.24, 2.45) is 5.73 Å². The van der Waals surface area contributed by atoms with E-state index in [9.17, 15) is 0 Å². The summed E-state index contributed by atoms with van der Waals surface area (Å²) in [5, 5.41) is 0. The Hall–Kier alpha value is -0.160. The van der Waals surface area contributed by atoms with Crippen molar-refractivity contribution in [2.45, 2.75) is 50.9 Å². The zero-order valence-corrected chi connectivity index (χ0v) is 11.2. The summed E-state index contributed by atoms with van der Waals surface area (Å²) in [6.07, 6.45) is 3.84. The predicted octanol–water partition coefficient (Wildman–Crippen LogP) is 0.994. The molecule has 0 bridgehead atoms. The van der Waals surface area contributed by atoms with Gasteiger partial charge in [0, 0.05) is 31.8 Å². The zero-order valence-electron chi connectivity index (χ0n) is 11.2. The standard InChI is InChI=1S/C13H26N2O2/c1-11-8-13(10-14,9-12(2)17-11)15-4-3-6-16-7-5-15/h11-12H,3-10,14H2,1-2H3. The first kappa shape index (κ1) is 13.3. The van der Waals surface area contributed by atoms with Crippen LogP contribution in [0.25, 0.3) is 0 Å². The third-order valence-electron chi connectivity index (χ3n) is 4.07. The lowest BCUT2D eigenvalue weighted by Crippen LogP contribution is -2.60. The maximum absolute atomic E-state index is 6.11. The first-order chi connectivity index (χ1) is 8.16. The Labute approximate surface area is 104 Å². The van der Waals surface area contributed by atoms with Gasteiger partial charge in [0.15, 0.2) is 0 Å². The number of nitrogens with two attached hydrogens (primary N) is 1. The van der Waals surface area contributed by atoms with Crippen molar-refractivity contribution >= 4 is 0 Å². The molecular formula is C13H26N2O2. The second-order valence-electron chi connectivity index (χ2n) is 5.55. The number of hydrogen-bond acceptors (Lipinski definition) is 4. The summed E-state index contributed by atoms with van der Waals surface area (Å²) in [6, 6.07) is 0. The summed E-state index contributed by atoms with van der Waals surface area (Å²) >= 11 is 0. The SMILES string of the molecule is CC1CC(CN)(N2CCCOCC2)CC(C)O1. The molecule has 0 spiro atoms. The van der Waals surface area contributed by atoms with Gasteiger partial charge in [0.05, 0.1) is 18.8 Å². The third kappa shape index (κ3) is 2.99. The average Bonchev–Trinajstić information content (AvgIpc) is 2.56. The predicted molar refractivity (Wildman–Crippen MR) is 68.0 cm³/mol. The van der Waals surface area contributed by atoms with Gasteiger partial charge in [0.1, 0.15) is 0 Å². The van der Waals surface area contributed by atoms with Gasteiger partial charge in [-0.3, -0.25) is 4.90 Å². The van der Waals surface area contributed by atoms with Crippen LogP contribution < -0.4 is 5.73 Å². The number of hydrogen-bond donors (Lipinski definition) is 1. The molecule has 2 rings (SSSR count). The van der Waals surface area contributed by atoms with Gasteiger partial charge >= 0.3 is 0 Å². The second-order valence-corrected chi connectivity index (χ2v) is 5.55. The van der Waals surface area contributed by atoms with E-state index in [1.807, 2.05) is 0 Å². The van der Waals surface area contributed by atoms with Crippen molar-refractivity contribution in [1.29, 1.82) is 0 Å². The van der Waals surface area contributed by atoms with E-state index in [0.717, 1.165) is 52.1 Å². The van der Waals surface area contributed by atoms with Crippen molar-refractivity contribution < 1.29 is 9.47 Å². The van der Waals surface area contributed by atoms with E-state index in [4.69, 9.17) is 15.2 Å². The molecule has 0 radical (unpaired) electrons. The van der Waals surface area contributed by atoms with Crippen molar-refractivity contribution in [2.75, 3.05) is 32.8 Å². The molecule has 4 nitrogen and oxygen atoms in total. The Balaban J connectivity index is 2.10. The molecule has 2 heterocycles. The van der Waals surface area contributed by atoms with Crippen LogP contribution in [-0.4, -0.2) is 55.5 Å². The minimum atomic E-state index is 0.130. The summed E-state index contributed by atoms with van der Waals surface area (Å²) in [5.41, 5.74) is 6.24. The van der Waals surface area contributed by atoms with Crippen LogP contribution in [0.3, 0.4) is 0 Å². The molecule has 2 fully saturated rings. The zero-order chi connectivity index (χ0) is 12.3. The molecule has 2 N–H and O–H groups in total. The second kappa shape index (κ2) is 5.65. The molecule has 2 atom stereocenters. The molecule has 4 heteroatoms. The van der Waals surface area contributed by atoms with Crippen LogP contribution in [0.4, 0.5) is 0 Å². The number of rotatable bonds is 2. The fourth-order valence-corrected chi connectivity index (χ4v) is 3.42. The minimum Gasteiger partial charge on any atom is -0.380 e. The fraction of sp³-hybridized carbons (Fsp3) is 1.00. The molecule has 2 saturated heterocycles. The van der Waals surface area contributed by atoms with Crippen molar-refractivity contribution in [3.05, 3.63) is 0 Å². The van der Waals surface area contributed by atoms with E-state index in [0.29, 0.717) is 12.2 Å². The summed E-state index contributed by atoms with van der Waals surface area (Å²) < 4.78 is 11.4. The first-order valence-corrected chi connectivity index (χ1v) is 6.84. The molecule has 2 aliphatic heterocycles. The molecule has 0 amide bonds. The molecule has 2 aliphatic rings. The molecular weight excluding hydrogens is 216 g/mol. The molecule has 0 aliphatic carbocycles. The van der Waals surface area contributed by atoms with Crippen LogP contribution in [0.5, 0.6) is 0 Å². The van der Waals surface area contributed by atoms with Gasteiger partial charge in [-0.05, 0) is 33.1 Å². The maximum atomic E-state index is 6.11. The Morgan fingerprint density at radius 1 is 1.18 bits per heavy atom. The number of ether oxygens (including phenoxy) is 2. The number of nitrogens with zero attached hydrogens (tertiary/aromatic N) is 1.